The Morgan fingerprint density at radius 1 is 1.07 bits per heavy atom. The maximum Gasteiger partial charge on any atom is 0.416 e. The number of hydrogen-bond donors (Lipinski definition) is 1. The van der Waals surface area contributed by atoms with Gasteiger partial charge in [0.05, 0.1) is 17.4 Å². The quantitative estimate of drug-likeness (QED) is 0.666. The highest BCUT2D eigenvalue weighted by atomic mass is 35.5. The zero-order valence-corrected chi connectivity index (χ0v) is 14.6. The Morgan fingerprint density at radius 3 is 2.37 bits per heavy atom. The first-order valence-corrected chi connectivity index (χ1v) is 8.51. The summed E-state index contributed by atoms with van der Waals surface area (Å²) in [5.41, 5.74) is 1.39. The number of halogens is 4. The molecule has 1 unspecified atom stereocenters. The van der Waals surface area contributed by atoms with E-state index in [9.17, 15) is 18.0 Å². The molecule has 8 heteroatoms. The van der Waals surface area contributed by atoms with Crippen molar-refractivity contribution in [3.05, 3.63) is 76.4 Å². The van der Waals surface area contributed by atoms with E-state index in [1.54, 1.807) is 35.1 Å². The van der Waals surface area contributed by atoms with Gasteiger partial charge in [0.25, 0.3) is 0 Å². The lowest BCUT2D eigenvalue weighted by atomic mass is 9.87. The SMILES string of the molecule is O=C1CC(c2ccc(C(F)(F)F)cc2)c2cnn(-c3ccc(Cl)cc3)c2N1. The first kappa shape index (κ1) is 17.6. The molecule has 3 aromatic rings. The van der Waals surface area contributed by atoms with E-state index in [-0.39, 0.29) is 18.2 Å². The van der Waals surface area contributed by atoms with E-state index in [2.05, 4.69) is 10.4 Å². The second-order valence-electron chi connectivity index (χ2n) is 6.26. The van der Waals surface area contributed by atoms with Crippen LogP contribution in [0.2, 0.25) is 5.02 Å². The van der Waals surface area contributed by atoms with E-state index >= 15 is 0 Å². The van der Waals surface area contributed by atoms with Crippen molar-refractivity contribution in [1.29, 1.82) is 0 Å². The number of hydrogen-bond acceptors (Lipinski definition) is 2. The summed E-state index contributed by atoms with van der Waals surface area (Å²) in [4.78, 5) is 12.2. The van der Waals surface area contributed by atoms with Crippen LogP contribution >= 0.6 is 11.6 Å². The van der Waals surface area contributed by atoms with Gasteiger partial charge in [0.2, 0.25) is 5.91 Å². The highest BCUT2D eigenvalue weighted by Gasteiger charge is 2.33. The fourth-order valence-corrected chi connectivity index (χ4v) is 3.33. The predicted octanol–water partition coefficient (Wildman–Crippen LogP) is 5.02. The molecule has 0 bridgehead atoms. The number of carbonyl (C=O) groups excluding carboxylic acids is 1. The van der Waals surface area contributed by atoms with Gasteiger partial charge in [0.1, 0.15) is 5.82 Å². The van der Waals surface area contributed by atoms with Gasteiger partial charge in [-0.2, -0.15) is 18.3 Å². The summed E-state index contributed by atoms with van der Waals surface area (Å²) < 4.78 is 40.0. The maximum absolute atomic E-state index is 12.8. The zero-order chi connectivity index (χ0) is 19.2. The van der Waals surface area contributed by atoms with Crippen LogP contribution in [-0.2, 0) is 11.0 Å². The predicted molar refractivity (Wildman–Crippen MR) is 95.1 cm³/mol. The lowest BCUT2D eigenvalue weighted by molar-refractivity contribution is -0.137. The van der Waals surface area contributed by atoms with Gasteiger partial charge in [-0.25, -0.2) is 4.68 Å². The van der Waals surface area contributed by atoms with Gasteiger partial charge in [0.15, 0.2) is 0 Å². The second-order valence-corrected chi connectivity index (χ2v) is 6.70. The number of carbonyl (C=O) groups is 1. The number of nitrogens with one attached hydrogen (secondary N) is 1. The number of anilines is 1. The molecular weight excluding hydrogens is 379 g/mol. The Kier molecular flexibility index (Phi) is 4.19. The summed E-state index contributed by atoms with van der Waals surface area (Å²) in [5, 5.41) is 7.72. The molecule has 0 radical (unpaired) electrons. The summed E-state index contributed by atoms with van der Waals surface area (Å²) in [7, 11) is 0. The molecule has 4 rings (SSSR count). The smallest absolute Gasteiger partial charge is 0.310 e. The second kappa shape index (κ2) is 6.42. The molecule has 4 nitrogen and oxygen atoms in total. The van der Waals surface area contributed by atoms with E-state index < -0.39 is 11.7 Å². The Hall–Kier alpha value is -2.80. The van der Waals surface area contributed by atoms with Gasteiger partial charge >= 0.3 is 6.18 Å². The van der Waals surface area contributed by atoms with Crippen LogP contribution < -0.4 is 5.32 Å². The van der Waals surface area contributed by atoms with Crippen LogP contribution in [0.1, 0.15) is 29.0 Å². The van der Waals surface area contributed by atoms with Crippen LogP contribution in [0, 0.1) is 0 Å². The standard InChI is InChI=1S/C19H13ClF3N3O/c20-13-5-7-14(8-6-13)26-18-16(10-24-26)15(9-17(27)25-18)11-1-3-12(4-2-11)19(21,22)23/h1-8,10,15H,9H2,(H,25,27). The third-order valence-corrected chi connectivity index (χ3v) is 4.78. The molecule has 1 N–H and O–H groups in total. The molecule has 2 aromatic carbocycles. The van der Waals surface area contributed by atoms with E-state index in [1.165, 1.54) is 12.1 Å². The molecule has 138 valence electrons. The van der Waals surface area contributed by atoms with Crippen molar-refractivity contribution in [3.8, 4) is 5.69 Å². The summed E-state index contributed by atoms with van der Waals surface area (Å²) in [6.45, 7) is 0. The van der Waals surface area contributed by atoms with Crippen LogP contribution in [0.4, 0.5) is 19.0 Å². The molecule has 0 saturated heterocycles. The third kappa shape index (κ3) is 3.30. The topological polar surface area (TPSA) is 46.9 Å². The highest BCUT2D eigenvalue weighted by molar-refractivity contribution is 6.30. The minimum absolute atomic E-state index is 0.144. The summed E-state index contributed by atoms with van der Waals surface area (Å²) in [6.07, 6.45) is -2.62. The summed E-state index contributed by atoms with van der Waals surface area (Å²) in [5.74, 6) is -0.0707. The van der Waals surface area contributed by atoms with Crippen LogP contribution in [0.5, 0.6) is 0 Å². The molecule has 0 spiro atoms. The lowest BCUT2D eigenvalue weighted by Gasteiger charge is -2.24. The van der Waals surface area contributed by atoms with Gasteiger partial charge < -0.3 is 5.32 Å². The van der Waals surface area contributed by atoms with Gasteiger partial charge in [-0.1, -0.05) is 23.7 Å². The molecular formula is C19H13ClF3N3O. The highest BCUT2D eigenvalue weighted by Crippen LogP contribution is 2.39. The van der Waals surface area contributed by atoms with Crippen molar-refractivity contribution < 1.29 is 18.0 Å². The van der Waals surface area contributed by atoms with Gasteiger partial charge in [-0.15, -0.1) is 0 Å². The van der Waals surface area contributed by atoms with Crippen LogP contribution in [0.15, 0.2) is 54.7 Å². The number of benzene rings is 2. The molecule has 0 saturated carbocycles. The minimum atomic E-state index is -4.40. The van der Waals surface area contributed by atoms with Crippen molar-refractivity contribution in [2.75, 3.05) is 5.32 Å². The fourth-order valence-electron chi connectivity index (χ4n) is 3.20. The van der Waals surface area contributed by atoms with Crippen LogP contribution in [0.25, 0.3) is 5.69 Å². The molecule has 0 aliphatic carbocycles. The maximum atomic E-state index is 12.8. The molecule has 27 heavy (non-hydrogen) atoms. The van der Waals surface area contributed by atoms with Crippen molar-refractivity contribution >= 4 is 23.3 Å². The molecule has 1 aromatic heterocycles. The molecule has 2 heterocycles. The number of amides is 1. The molecule has 1 aliphatic rings. The first-order valence-electron chi connectivity index (χ1n) is 8.14. The van der Waals surface area contributed by atoms with Crippen molar-refractivity contribution in [2.24, 2.45) is 0 Å². The van der Waals surface area contributed by atoms with E-state index in [0.29, 0.717) is 22.1 Å². The number of rotatable bonds is 2. The molecule has 1 amide bonds. The summed E-state index contributed by atoms with van der Waals surface area (Å²) >= 11 is 5.91. The van der Waals surface area contributed by atoms with Crippen molar-refractivity contribution in [1.82, 2.24) is 9.78 Å². The van der Waals surface area contributed by atoms with Gasteiger partial charge in [0, 0.05) is 22.9 Å². The average Bonchev–Trinajstić information content (AvgIpc) is 3.05. The van der Waals surface area contributed by atoms with Gasteiger partial charge in [-0.3, -0.25) is 4.79 Å². The zero-order valence-electron chi connectivity index (χ0n) is 13.8. The van der Waals surface area contributed by atoms with Crippen LogP contribution in [-0.4, -0.2) is 15.7 Å². The molecule has 1 atom stereocenters. The Bertz CT molecular complexity index is 995. The Morgan fingerprint density at radius 2 is 1.74 bits per heavy atom. The summed E-state index contributed by atoms with van der Waals surface area (Å²) in [6, 6.07) is 11.8. The van der Waals surface area contributed by atoms with E-state index in [0.717, 1.165) is 17.7 Å². The molecule has 1 aliphatic heterocycles. The number of alkyl halides is 3. The lowest BCUT2D eigenvalue weighted by Crippen LogP contribution is -2.24. The largest absolute Gasteiger partial charge is 0.416 e. The number of aromatic nitrogens is 2. The van der Waals surface area contributed by atoms with Crippen molar-refractivity contribution in [3.63, 3.8) is 0 Å². The van der Waals surface area contributed by atoms with Crippen LogP contribution in [0.3, 0.4) is 0 Å². The Labute approximate surface area is 157 Å². The van der Waals surface area contributed by atoms with E-state index in [4.69, 9.17) is 11.6 Å². The van der Waals surface area contributed by atoms with E-state index in [1.807, 2.05) is 0 Å². The van der Waals surface area contributed by atoms with Crippen molar-refractivity contribution in [2.45, 2.75) is 18.5 Å². The van der Waals surface area contributed by atoms with Gasteiger partial charge in [-0.05, 0) is 42.0 Å². The Balaban J connectivity index is 1.74. The normalized spacial score (nSPS) is 16.7. The number of fused-ring (bicyclic) bond motifs is 1. The monoisotopic (exact) mass is 391 g/mol. The number of nitrogens with zero attached hydrogens (tertiary/aromatic N) is 2. The minimum Gasteiger partial charge on any atom is -0.310 e. The fraction of sp³-hybridized carbons (Fsp3) is 0.158. The third-order valence-electron chi connectivity index (χ3n) is 4.53. The first-order chi connectivity index (χ1) is 12.8. The molecule has 0 fully saturated rings. The average molecular weight is 392 g/mol.